The molecule has 26 heavy (non-hydrogen) atoms. The molecule has 0 atom stereocenters. The van der Waals surface area contributed by atoms with E-state index in [2.05, 4.69) is 93.4 Å². The second-order valence-electron chi connectivity index (χ2n) is 6.19. The Morgan fingerprint density at radius 2 is 1.69 bits per heavy atom. The van der Waals surface area contributed by atoms with Gasteiger partial charge in [0.1, 0.15) is 5.82 Å². The molecule has 128 valence electrons. The first kappa shape index (κ1) is 16.8. The fourth-order valence-electron chi connectivity index (χ4n) is 3.25. The number of hydrogen-bond donors (Lipinski definition) is 0. The zero-order valence-electron chi connectivity index (χ0n) is 14.6. The molecule has 0 radical (unpaired) electrons. The first-order chi connectivity index (χ1) is 12.8. The fraction of sp³-hybridized carbons (Fsp3) is 0.0870. The van der Waals surface area contributed by atoms with Gasteiger partial charge in [0.25, 0.3) is 0 Å². The molecule has 0 saturated heterocycles. The highest BCUT2D eigenvalue weighted by atomic mass is 79.9. The molecule has 2 nitrogen and oxygen atoms in total. The summed E-state index contributed by atoms with van der Waals surface area (Å²) in [7, 11) is 0. The Morgan fingerprint density at radius 1 is 0.885 bits per heavy atom. The highest BCUT2D eigenvalue weighted by Gasteiger charge is 2.16. The van der Waals surface area contributed by atoms with E-state index in [4.69, 9.17) is 0 Å². The van der Waals surface area contributed by atoms with E-state index < -0.39 is 0 Å². The lowest BCUT2D eigenvalue weighted by atomic mass is 10.1. The predicted molar refractivity (Wildman–Crippen MR) is 114 cm³/mol. The lowest BCUT2D eigenvalue weighted by Crippen LogP contribution is -2.12. The van der Waals surface area contributed by atoms with Gasteiger partial charge < -0.3 is 0 Å². The first-order valence-corrected chi connectivity index (χ1v) is 9.54. The van der Waals surface area contributed by atoms with Gasteiger partial charge in [0.05, 0.1) is 5.69 Å². The summed E-state index contributed by atoms with van der Waals surface area (Å²) in [5, 5.41) is 2.43. The summed E-state index contributed by atoms with van der Waals surface area (Å²) < 4.78 is 1.08. The molecule has 0 fully saturated rings. The van der Waals surface area contributed by atoms with Gasteiger partial charge in [-0.25, -0.2) is 4.98 Å². The molecule has 1 heterocycles. The molecule has 0 aliphatic heterocycles. The Hall–Kier alpha value is -2.65. The number of hydrogen-bond acceptors (Lipinski definition) is 2. The van der Waals surface area contributed by atoms with Gasteiger partial charge in [-0.1, -0.05) is 65.3 Å². The molecule has 4 rings (SSSR count). The number of rotatable bonds is 4. The van der Waals surface area contributed by atoms with Crippen molar-refractivity contribution >= 4 is 43.9 Å². The fourth-order valence-corrected chi connectivity index (χ4v) is 3.78. The molecule has 0 saturated carbocycles. The van der Waals surface area contributed by atoms with E-state index >= 15 is 0 Å². The molecule has 0 spiro atoms. The molecule has 1 aromatic heterocycles. The van der Waals surface area contributed by atoms with Gasteiger partial charge in [-0.2, -0.15) is 0 Å². The lowest BCUT2D eigenvalue weighted by Gasteiger charge is -2.26. The van der Waals surface area contributed by atoms with Crippen molar-refractivity contribution in [2.24, 2.45) is 0 Å². The number of pyridine rings is 1. The van der Waals surface area contributed by atoms with Gasteiger partial charge in [-0.05, 0) is 53.8 Å². The molecule has 0 amide bonds. The van der Waals surface area contributed by atoms with Crippen molar-refractivity contribution in [2.75, 3.05) is 4.90 Å². The van der Waals surface area contributed by atoms with Crippen molar-refractivity contribution in [1.82, 2.24) is 4.98 Å². The minimum absolute atomic E-state index is 0.906. The Bertz CT molecular complexity index is 1040. The van der Waals surface area contributed by atoms with E-state index in [0.29, 0.717) is 0 Å². The van der Waals surface area contributed by atoms with Crippen molar-refractivity contribution in [3.05, 3.63) is 95.1 Å². The number of anilines is 3. The maximum Gasteiger partial charge on any atom is 0.137 e. The van der Waals surface area contributed by atoms with E-state index in [1.54, 1.807) is 0 Å². The molecule has 0 bridgehead atoms. The monoisotopic (exact) mass is 402 g/mol. The second kappa shape index (κ2) is 7.30. The third-order valence-corrected chi connectivity index (χ3v) is 4.95. The van der Waals surface area contributed by atoms with E-state index in [1.807, 2.05) is 24.4 Å². The maximum absolute atomic E-state index is 4.63. The minimum Gasteiger partial charge on any atom is -0.294 e. The highest BCUT2D eigenvalue weighted by molar-refractivity contribution is 9.10. The molecule has 4 aromatic rings. The van der Waals surface area contributed by atoms with Crippen molar-refractivity contribution in [3.8, 4) is 0 Å². The zero-order chi connectivity index (χ0) is 17.9. The molecular weight excluding hydrogens is 384 g/mol. The van der Waals surface area contributed by atoms with Crippen LogP contribution in [0.1, 0.15) is 12.5 Å². The largest absolute Gasteiger partial charge is 0.294 e. The molecule has 3 heteroatoms. The smallest absolute Gasteiger partial charge is 0.137 e. The standard InChI is InChI=1S/C23H19BrN2/c1-2-17-14-19(24)16-20(15-17)26(23-12-5-6-13-25-23)22-11-7-9-18-8-3-4-10-21(18)22/h3-16H,2H2,1H3. The first-order valence-electron chi connectivity index (χ1n) is 8.74. The molecule has 3 aromatic carbocycles. The minimum atomic E-state index is 0.906. The van der Waals surface area contributed by atoms with Crippen molar-refractivity contribution < 1.29 is 0 Å². The topological polar surface area (TPSA) is 16.1 Å². The van der Waals surface area contributed by atoms with E-state index in [1.165, 1.54) is 16.3 Å². The Morgan fingerprint density at radius 3 is 2.50 bits per heavy atom. The number of aromatic nitrogens is 1. The predicted octanol–water partition coefficient (Wildman–Crippen LogP) is 7.03. The van der Waals surface area contributed by atoms with Crippen molar-refractivity contribution in [1.29, 1.82) is 0 Å². The van der Waals surface area contributed by atoms with Crippen LogP contribution in [0.5, 0.6) is 0 Å². The van der Waals surface area contributed by atoms with Crippen LogP contribution in [0.3, 0.4) is 0 Å². The average Bonchev–Trinajstić information content (AvgIpc) is 2.69. The Labute approximate surface area is 162 Å². The number of benzene rings is 3. The van der Waals surface area contributed by atoms with Gasteiger partial charge in [0.2, 0.25) is 0 Å². The molecule has 0 unspecified atom stereocenters. The summed E-state index contributed by atoms with van der Waals surface area (Å²) in [6.45, 7) is 2.18. The van der Waals surface area contributed by atoms with Crippen molar-refractivity contribution in [3.63, 3.8) is 0 Å². The van der Waals surface area contributed by atoms with E-state index in [0.717, 1.165) is 28.1 Å². The second-order valence-corrected chi connectivity index (χ2v) is 7.11. The average molecular weight is 403 g/mol. The highest BCUT2D eigenvalue weighted by Crippen LogP contribution is 2.39. The maximum atomic E-state index is 4.63. The Balaban J connectivity index is 1.99. The normalized spacial score (nSPS) is 10.8. The SMILES string of the molecule is CCc1cc(Br)cc(N(c2ccccn2)c2cccc3ccccc23)c1. The number of aryl methyl sites for hydroxylation is 1. The summed E-state index contributed by atoms with van der Waals surface area (Å²) in [6.07, 6.45) is 2.82. The Kier molecular flexibility index (Phi) is 4.72. The van der Waals surface area contributed by atoms with Crippen molar-refractivity contribution in [2.45, 2.75) is 13.3 Å². The van der Waals surface area contributed by atoms with E-state index in [9.17, 15) is 0 Å². The van der Waals surface area contributed by atoms with Gasteiger partial charge >= 0.3 is 0 Å². The van der Waals surface area contributed by atoms with Crippen LogP contribution >= 0.6 is 15.9 Å². The third-order valence-electron chi connectivity index (χ3n) is 4.49. The van der Waals surface area contributed by atoms with Crippen LogP contribution in [0.25, 0.3) is 10.8 Å². The van der Waals surface area contributed by atoms with Crippen LogP contribution in [0.15, 0.2) is 89.5 Å². The summed E-state index contributed by atoms with van der Waals surface area (Å²) in [5.74, 6) is 0.906. The molecule has 0 N–H and O–H groups in total. The molecule has 0 aliphatic rings. The number of nitrogens with zero attached hydrogens (tertiary/aromatic N) is 2. The summed E-state index contributed by atoms with van der Waals surface area (Å²) in [6, 6.07) is 27.5. The molecular formula is C23H19BrN2. The van der Waals surface area contributed by atoms with Gasteiger partial charge in [-0.15, -0.1) is 0 Å². The van der Waals surface area contributed by atoms with Crippen LogP contribution in [0.2, 0.25) is 0 Å². The van der Waals surface area contributed by atoms with Gasteiger partial charge in [0, 0.05) is 21.7 Å². The van der Waals surface area contributed by atoms with Crippen LogP contribution in [0.4, 0.5) is 17.2 Å². The van der Waals surface area contributed by atoms with Gasteiger partial charge in [-0.3, -0.25) is 4.90 Å². The zero-order valence-corrected chi connectivity index (χ0v) is 16.1. The quantitative estimate of drug-likeness (QED) is 0.364. The number of halogens is 1. The lowest BCUT2D eigenvalue weighted by molar-refractivity contribution is 1.12. The molecule has 0 aliphatic carbocycles. The van der Waals surface area contributed by atoms with Crippen LogP contribution < -0.4 is 4.90 Å². The summed E-state index contributed by atoms with van der Waals surface area (Å²) >= 11 is 3.67. The third kappa shape index (κ3) is 3.23. The van der Waals surface area contributed by atoms with E-state index in [-0.39, 0.29) is 0 Å². The number of fused-ring (bicyclic) bond motifs is 1. The summed E-state index contributed by atoms with van der Waals surface area (Å²) in [4.78, 5) is 6.86. The van der Waals surface area contributed by atoms with Crippen LogP contribution in [-0.2, 0) is 6.42 Å². The van der Waals surface area contributed by atoms with Gasteiger partial charge in [0.15, 0.2) is 0 Å². The summed E-state index contributed by atoms with van der Waals surface area (Å²) in [5.41, 5.74) is 3.52. The van der Waals surface area contributed by atoms with Crippen LogP contribution in [-0.4, -0.2) is 4.98 Å². The van der Waals surface area contributed by atoms with Crippen LogP contribution in [0, 0.1) is 0 Å².